The number of methoxy groups -OCH3 is 1. The first-order valence-electron chi connectivity index (χ1n) is 13.4. The van der Waals surface area contributed by atoms with Crippen LogP contribution in [0.5, 0.6) is 0 Å². The number of rotatable bonds is 9. The predicted molar refractivity (Wildman–Crippen MR) is 152 cm³/mol. The number of anilines is 1. The number of aromatic nitrogens is 2. The summed E-state index contributed by atoms with van der Waals surface area (Å²) in [6.45, 7) is 5.85. The molecule has 40 heavy (non-hydrogen) atoms. The summed E-state index contributed by atoms with van der Waals surface area (Å²) in [6, 6.07) is 16.7. The van der Waals surface area contributed by atoms with Gasteiger partial charge in [-0.2, -0.15) is 15.0 Å². The SMILES string of the molecule is COC[C@H](C)N(NC(=O)c1ccccc1N1CCN(C)CC1)n1ncc2cc(Cc3cc(F)cc(F)c3)ccc21. The fourth-order valence-corrected chi connectivity index (χ4v) is 5.11. The Kier molecular flexibility index (Phi) is 8.27. The molecule has 210 valence electrons. The van der Waals surface area contributed by atoms with E-state index in [1.807, 2.05) is 49.4 Å². The molecule has 1 amide bonds. The molecule has 1 aliphatic heterocycles. The van der Waals surface area contributed by atoms with E-state index in [4.69, 9.17) is 4.74 Å². The van der Waals surface area contributed by atoms with Gasteiger partial charge in [0.15, 0.2) is 0 Å². The number of ether oxygens (including phenoxy) is 1. The average Bonchev–Trinajstić information content (AvgIpc) is 3.34. The van der Waals surface area contributed by atoms with Crippen molar-refractivity contribution in [2.75, 3.05) is 57.0 Å². The quantitative estimate of drug-likeness (QED) is 0.320. The molecule has 2 heterocycles. The van der Waals surface area contributed by atoms with Crippen LogP contribution in [-0.4, -0.2) is 73.7 Å². The summed E-state index contributed by atoms with van der Waals surface area (Å²) in [5, 5.41) is 7.09. The van der Waals surface area contributed by atoms with Crippen LogP contribution in [0.4, 0.5) is 14.5 Å². The molecular formula is C30H34F2N6O2. The minimum absolute atomic E-state index is 0.245. The smallest absolute Gasteiger partial charge is 0.273 e. The van der Waals surface area contributed by atoms with Gasteiger partial charge in [-0.1, -0.05) is 18.2 Å². The summed E-state index contributed by atoms with van der Waals surface area (Å²) in [4.78, 5) is 19.9. The molecule has 5 rings (SSSR count). The zero-order valence-corrected chi connectivity index (χ0v) is 23.0. The Morgan fingerprint density at radius 2 is 1.75 bits per heavy atom. The summed E-state index contributed by atoms with van der Waals surface area (Å²) in [7, 11) is 3.71. The van der Waals surface area contributed by atoms with Crippen LogP contribution < -0.4 is 15.4 Å². The van der Waals surface area contributed by atoms with Crippen LogP contribution in [-0.2, 0) is 11.2 Å². The Morgan fingerprint density at radius 3 is 2.48 bits per heavy atom. The van der Waals surface area contributed by atoms with Crippen LogP contribution in [0.15, 0.2) is 66.9 Å². The second kappa shape index (κ2) is 12.0. The van der Waals surface area contributed by atoms with E-state index in [-0.39, 0.29) is 11.9 Å². The summed E-state index contributed by atoms with van der Waals surface area (Å²) < 4.78 is 32.8. The van der Waals surface area contributed by atoms with Crippen molar-refractivity contribution in [3.63, 3.8) is 0 Å². The van der Waals surface area contributed by atoms with Gasteiger partial charge in [0.25, 0.3) is 5.91 Å². The van der Waals surface area contributed by atoms with Gasteiger partial charge in [-0.3, -0.25) is 4.79 Å². The molecule has 1 aliphatic rings. The molecule has 1 N–H and O–H groups in total. The first kappa shape index (κ1) is 27.5. The van der Waals surface area contributed by atoms with Gasteiger partial charge in [0, 0.05) is 50.4 Å². The number of piperazine rings is 1. The Morgan fingerprint density at radius 1 is 1.02 bits per heavy atom. The van der Waals surface area contributed by atoms with Crippen LogP contribution in [0.25, 0.3) is 10.9 Å². The second-order valence-electron chi connectivity index (χ2n) is 10.3. The average molecular weight is 549 g/mol. The molecule has 8 nitrogen and oxygen atoms in total. The number of hydrogen-bond acceptors (Lipinski definition) is 6. The summed E-state index contributed by atoms with van der Waals surface area (Å²) in [5.41, 5.74) is 6.75. The molecule has 0 saturated carbocycles. The van der Waals surface area contributed by atoms with Crippen molar-refractivity contribution in [2.45, 2.75) is 19.4 Å². The third kappa shape index (κ3) is 6.08. The Hall–Kier alpha value is -4.02. The molecule has 1 aromatic heterocycles. The van der Waals surface area contributed by atoms with Gasteiger partial charge in [0.1, 0.15) is 11.6 Å². The monoisotopic (exact) mass is 548 g/mol. The Labute approximate surface area is 232 Å². The number of halogens is 2. The van der Waals surface area contributed by atoms with Crippen molar-refractivity contribution in [2.24, 2.45) is 0 Å². The standard InChI is InChI=1S/C30H34F2N6O2/c1-21(20-40-3)37(34-30(39)27-6-4-5-7-29(27)36-12-10-35(2)11-13-36)38-28-9-8-22(15-24(28)19-33-38)14-23-16-25(31)18-26(32)17-23/h4-9,15-19,21H,10-14,20H2,1-3H3,(H,34,39)/t21-/m0/s1. The lowest BCUT2D eigenvalue weighted by molar-refractivity contribution is 0.0911. The van der Waals surface area contributed by atoms with Crippen LogP contribution >= 0.6 is 0 Å². The van der Waals surface area contributed by atoms with E-state index < -0.39 is 11.6 Å². The topological polar surface area (TPSA) is 65.9 Å². The van der Waals surface area contributed by atoms with Gasteiger partial charge in [-0.25, -0.2) is 14.2 Å². The lowest BCUT2D eigenvalue weighted by Gasteiger charge is -2.35. The van der Waals surface area contributed by atoms with Crippen molar-refractivity contribution in [3.05, 3.63) is 95.2 Å². The maximum atomic E-state index is 13.7. The van der Waals surface area contributed by atoms with Crippen LogP contribution in [0.3, 0.4) is 0 Å². The number of carbonyl (C=O) groups is 1. The minimum Gasteiger partial charge on any atom is -0.382 e. The zero-order valence-electron chi connectivity index (χ0n) is 23.0. The minimum atomic E-state index is -0.600. The molecule has 1 atom stereocenters. The molecule has 0 unspecified atom stereocenters. The Bertz CT molecular complexity index is 1460. The number of carbonyl (C=O) groups excluding carboxylic acids is 1. The van der Waals surface area contributed by atoms with Gasteiger partial charge in [-0.15, -0.1) is 0 Å². The summed E-state index contributed by atoms with van der Waals surface area (Å²) in [6.07, 6.45) is 2.08. The number of para-hydroxylation sites is 1. The third-order valence-electron chi connectivity index (χ3n) is 7.18. The largest absolute Gasteiger partial charge is 0.382 e. The number of likely N-dealkylation sites (N-methyl/N-ethyl adjacent to an activating group) is 1. The summed E-state index contributed by atoms with van der Waals surface area (Å²) >= 11 is 0. The van der Waals surface area contributed by atoms with E-state index in [0.29, 0.717) is 24.2 Å². The van der Waals surface area contributed by atoms with Gasteiger partial charge in [-0.05, 0) is 67.9 Å². The summed E-state index contributed by atoms with van der Waals surface area (Å²) in [5.74, 6) is -1.45. The number of hydrazine groups is 1. The number of hydrogen-bond donors (Lipinski definition) is 1. The van der Waals surface area contributed by atoms with Crippen molar-refractivity contribution in [1.82, 2.24) is 20.2 Å². The zero-order chi connectivity index (χ0) is 28.2. The van der Waals surface area contributed by atoms with Crippen molar-refractivity contribution < 1.29 is 18.3 Å². The van der Waals surface area contributed by atoms with Crippen molar-refractivity contribution in [1.29, 1.82) is 0 Å². The highest BCUT2D eigenvalue weighted by Crippen LogP contribution is 2.23. The van der Waals surface area contributed by atoms with Crippen molar-refractivity contribution >= 4 is 22.5 Å². The molecule has 4 aromatic rings. The lowest BCUT2D eigenvalue weighted by atomic mass is 10.0. The van der Waals surface area contributed by atoms with E-state index in [1.165, 1.54) is 12.1 Å². The first-order valence-corrected chi connectivity index (χ1v) is 13.4. The molecule has 10 heteroatoms. The van der Waals surface area contributed by atoms with Gasteiger partial charge in [0.05, 0.1) is 29.9 Å². The maximum absolute atomic E-state index is 13.7. The van der Waals surface area contributed by atoms with Crippen LogP contribution in [0.1, 0.15) is 28.4 Å². The van der Waals surface area contributed by atoms with Gasteiger partial charge >= 0.3 is 0 Å². The van der Waals surface area contributed by atoms with Crippen LogP contribution in [0.2, 0.25) is 0 Å². The fourth-order valence-electron chi connectivity index (χ4n) is 5.11. The molecule has 3 aromatic carbocycles. The molecule has 1 saturated heterocycles. The van der Waals surface area contributed by atoms with Gasteiger partial charge in [0.2, 0.25) is 0 Å². The highest BCUT2D eigenvalue weighted by molar-refractivity contribution is 6.00. The molecular weight excluding hydrogens is 514 g/mol. The van der Waals surface area contributed by atoms with Crippen LogP contribution in [0, 0.1) is 11.6 Å². The second-order valence-corrected chi connectivity index (χ2v) is 10.3. The van der Waals surface area contributed by atoms with E-state index in [1.54, 1.807) is 23.2 Å². The van der Waals surface area contributed by atoms with E-state index >= 15 is 0 Å². The van der Waals surface area contributed by atoms with Gasteiger partial charge < -0.3 is 14.5 Å². The molecule has 1 fully saturated rings. The van der Waals surface area contributed by atoms with Crippen molar-refractivity contribution in [3.8, 4) is 0 Å². The van der Waals surface area contributed by atoms with E-state index in [9.17, 15) is 13.6 Å². The molecule has 0 spiro atoms. The highest BCUT2D eigenvalue weighted by atomic mass is 19.1. The number of nitrogens with zero attached hydrogens (tertiary/aromatic N) is 5. The predicted octanol–water partition coefficient (Wildman–Crippen LogP) is 3.98. The number of benzene rings is 3. The number of fused-ring (bicyclic) bond motifs is 1. The molecule has 0 aliphatic carbocycles. The fraction of sp³-hybridized carbons (Fsp3) is 0.333. The maximum Gasteiger partial charge on any atom is 0.273 e. The molecule has 0 radical (unpaired) electrons. The number of nitrogens with one attached hydrogen (secondary N) is 1. The first-order chi connectivity index (χ1) is 19.3. The Balaban J connectivity index is 1.41. The van der Waals surface area contributed by atoms with E-state index in [2.05, 4.69) is 27.4 Å². The number of amides is 1. The lowest BCUT2D eigenvalue weighted by Crippen LogP contribution is -2.56. The third-order valence-corrected chi connectivity index (χ3v) is 7.18. The molecule has 0 bridgehead atoms. The highest BCUT2D eigenvalue weighted by Gasteiger charge is 2.24. The normalized spacial score (nSPS) is 14.9. The van der Waals surface area contributed by atoms with E-state index in [0.717, 1.165) is 54.4 Å².